The van der Waals surface area contributed by atoms with Gasteiger partial charge < -0.3 is 5.32 Å². The lowest BCUT2D eigenvalue weighted by Crippen LogP contribution is -2.40. The van der Waals surface area contributed by atoms with Gasteiger partial charge in [-0.3, -0.25) is 0 Å². The average molecular weight is 368 g/mol. The summed E-state index contributed by atoms with van der Waals surface area (Å²) < 4.78 is 54.5. The van der Waals surface area contributed by atoms with Gasteiger partial charge in [0.25, 0.3) is 0 Å². The van der Waals surface area contributed by atoms with Crippen molar-refractivity contribution in [1.82, 2.24) is 5.32 Å². The third-order valence-corrected chi connectivity index (χ3v) is 4.77. The maximum absolute atomic E-state index is 14.0. The fourth-order valence-corrected chi connectivity index (χ4v) is 3.70. The first-order chi connectivity index (χ1) is 9.84. The molecule has 0 bridgehead atoms. The predicted molar refractivity (Wildman–Crippen MR) is 77.4 cm³/mol. The fraction of sp³-hybridized carbons (Fsp3) is 0.600. The van der Waals surface area contributed by atoms with Crippen molar-refractivity contribution in [3.05, 3.63) is 34.1 Å². The zero-order valence-corrected chi connectivity index (χ0v) is 13.3. The first kappa shape index (κ1) is 16.7. The lowest BCUT2D eigenvalue weighted by atomic mass is 9.73. The molecule has 1 nitrogen and oxygen atoms in total. The number of nitrogens with one attached hydrogen (secondary N) is 1. The van der Waals surface area contributed by atoms with Crippen LogP contribution >= 0.6 is 15.9 Å². The number of benzene rings is 1. The number of hydrogen-bond donors (Lipinski definition) is 1. The Morgan fingerprint density at radius 3 is 2.52 bits per heavy atom. The molecule has 1 N–H and O–H groups in total. The summed E-state index contributed by atoms with van der Waals surface area (Å²) in [4.78, 5) is 0. The van der Waals surface area contributed by atoms with Gasteiger partial charge in [0, 0.05) is 16.1 Å². The van der Waals surface area contributed by atoms with Gasteiger partial charge in [-0.05, 0) is 44.0 Å². The zero-order valence-electron chi connectivity index (χ0n) is 11.7. The van der Waals surface area contributed by atoms with E-state index in [0.29, 0.717) is 22.9 Å². The van der Waals surface area contributed by atoms with Crippen molar-refractivity contribution in [2.24, 2.45) is 11.8 Å². The van der Waals surface area contributed by atoms with Crippen LogP contribution in [0.3, 0.4) is 0 Å². The van der Waals surface area contributed by atoms with Crippen LogP contribution in [-0.2, 0) is 0 Å². The molecule has 1 saturated carbocycles. The number of rotatable bonds is 3. The van der Waals surface area contributed by atoms with Gasteiger partial charge in [0.1, 0.15) is 5.82 Å². The molecule has 1 aromatic rings. The number of halogens is 5. The van der Waals surface area contributed by atoms with Crippen LogP contribution in [0.15, 0.2) is 22.7 Å². The molecule has 2 rings (SSSR count). The predicted octanol–water partition coefficient (Wildman–Crippen LogP) is 5.22. The fourth-order valence-electron chi connectivity index (χ4n) is 3.32. The van der Waals surface area contributed by atoms with Crippen molar-refractivity contribution in [1.29, 1.82) is 0 Å². The molecule has 1 aliphatic rings. The lowest BCUT2D eigenvalue weighted by molar-refractivity contribution is -0.199. The smallest absolute Gasteiger partial charge is 0.313 e. The Labute approximate surface area is 130 Å². The average Bonchev–Trinajstić information content (AvgIpc) is 2.43. The molecule has 1 fully saturated rings. The number of hydrogen-bond acceptors (Lipinski definition) is 1. The largest absolute Gasteiger partial charge is 0.392 e. The Morgan fingerprint density at radius 1 is 1.24 bits per heavy atom. The molecular formula is C15H18BrF4N. The summed E-state index contributed by atoms with van der Waals surface area (Å²) in [6.07, 6.45) is -2.31. The van der Waals surface area contributed by atoms with Crippen molar-refractivity contribution in [3.8, 4) is 0 Å². The molecular weight excluding hydrogens is 350 g/mol. The second-order valence-electron chi connectivity index (χ2n) is 5.53. The molecule has 0 spiro atoms. The van der Waals surface area contributed by atoms with Gasteiger partial charge in [0.15, 0.2) is 0 Å². The van der Waals surface area contributed by atoms with E-state index in [9.17, 15) is 17.6 Å². The van der Waals surface area contributed by atoms with Gasteiger partial charge >= 0.3 is 6.18 Å². The molecule has 0 heterocycles. The van der Waals surface area contributed by atoms with Crippen molar-refractivity contribution in [3.63, 3.8) is 0 Å². The van der Waals surface area contributed by atoms with Crippen molar-refractivity contribution in [2.45, 2.75) is 37.9 Å². The van der Waals surface area contributed by atoms with E-state index in [1.165, 1.54) is 6.07 Å². The van der Waals surface area contributed by atoms with Gasteiger partial charge in [0.05, 0.1) is 5.92 Å². The van der Waals surface area contributed by atoms with E-state index in [1.807, 2.05) is 0 Å². The molecule has 0 aromatic heterocycles. The second kappa shape index (κ2) is 6.65. The molecule has 6 heteroatoms. The monoisotopic (exact) mass is 367 g/mol. The highest BCUT2D eigenvalue weighted by Gasteiger charge is 2.48. The summed E-state index contributed by atoms with van der Waals surface area (Å²) in [7, 11) is 1.59. The highest BCUT2D eigenvalue weighted by molar-refractivity contribution is 9.10. The minimum absolute atomic E-state index is 0.127. The highest BCUT2D eigenvalue weighted by Crippen LogP contribution is 2.46. The minimum atomic E-state index is -4.23. The minimum Gasteiger partial charge on any atom is -0.313 e. The van der Waals surface area contributed by atoms with Crippen LogP contribution in [0, 0.1) is 17.7 Å². The van der Waals surface area contributed by atoms with E-state index in [0.717, 1.165) is 6.42 Å². The lowest BCUT2D eigenvalue weighted by Gasteiger charge is -2.38. The summed E-state index contributed by atoms with van der Waals surface area (Å²) in [6.45, 7) is 0. The van der Waals surface area contributed by atoms with Crippen LogP contribution in [0.5, 0.6) is 0 Å². The van der Waals surface area contributed by atoms with E-state index >= 15 is 0 Å². The normalized spacial score (nSPS) is 24.9. The van der Waals surface area contributed by atoms with Gasteiger partial charge in [-0.1, -0.05) is 28.8 Å². The summed E-state index contributed by atoms with van der Waals surface area (Å²) in [5.74, 6) is -2.47. The molecule has 0 amide bonds. The summed E-state index contributed by atoms with van der Waals surface area (Å²) in [5.41, 5.74) is 0.299. The molecule has 21 heavy (non-hydrogen) atoms. The number of alkyl halides is 3. The van der Waals surface area contributed by atoms with Gasteiger partial charge in [-0.25, -0.2) is 4.39 Å². The summed E-state index contributed by atoms with van der Waals surface area (Å²) >= 11 is 3.26. The van der Waals surface area contributed by atoms with Crippen LogP contribution in [0.2, 0.25) is 0 Å². The maximum Gasteiger partial charge on any atom is 0.392 e. The van der Waals surface area contributed by atoms with Crippen molar-refractivity contribution in [2.75, 3.05) is 7.05 Å². The zero-order chi connectivity index (χ0) is 15.6. The van der Waals surface area contributed by atoms with Crippen LogP contribution in [0.1, 0.15) is 37.3 Å². The molecule has 3 atom stereocenters. The van der Waals surface area contributed by atoms with Gasteiger partial charge in [-0.2, -0.15) is 13.2 Å². The van der Waals surface area contributed by atoms with Crippen LogP contribution < -0.4 is 5.32 Å². The van der Waals surface area contributed by atoms with E-state index < -0.39 is 29.9 Å². The topological polar surface area (TPSA) is 12.0 Å². The highest BCUT2D eigenvalue weighted by atomic mass is 79.9. The molecule has 0 radical (unpaired) electrons. The SMILES string of the molecule is CNC(c1cc(Br)ccc1F)C1CCCCC1C(F)(F)F. The molecule has 1 aliphatic carbocycles. The van der Waals surface area contributed by atoms with Crippen LogP contribution in [0.25, 0.3) is 0 Å². The van der Waals surface area contributed by atoms with E-state index in [2.05, 4.69) is 21.2 Å². The Bertz CT molecular complexity index is 489. The Balaban J connectivity index is 2.36. The Hall–Kier alpha value is -0.620. The van der Waals surface area contributed by atoms with Gasteiger partial charge in [-0.15, -0.1) is 0 Å². The molecule has 0 aliphatic heterocycles. The maximum atomic E-state index is 14.0. The molecule has 1 aromatic carbocycles. The molecule has 118 valence electrons. The summed E-state index contributed by atoms with van der Waals surface area (Å²) in [5, 5.41) is 2.90. The van der Waals surface area contributed by atoms with E-state index in [1.54, 1.807) is 19.2 Å². The van der Waals surface area contributed by atoms with Gasteiger partial charge in [0.2, 0.25) is 0 Å². The second-order valence-corrected chi connectivity index (χ2v) is 6.44. The van der Waals surface area contributed by atoms with Crippen LogP contribution in [0.4, 0.5) is 17.6 Å². The molecule has 0 saturated heterocycles. The quantitative estimate of drug-likeness (QED) is 0.722. The first-order valence-electron chi connectivity index (χ1n) is 7.03. The standard InChI is InChI=1S/C15H18BrF4N/c1-21-14(11-8-9(16)6-7-13(11)17)10-4-2-3-5-12(10)15(18,19)20/h6-8,10,12,14,21H,2-5H2,1H3. The van der Waals surface area contributed by atoms with E-state index in [-0.39, 0.29) is 6.42 Å². The third kappa shape index (κ3) is 3.77. The van der Waals surface area contributed by atoms with Crippen molar-refractivity contribution < 1.29 is 17.6 Å². The van der Waals surface area contributed by atoms with Crippen molar-refractivity contribution >= 4 is 15.9 Å². The Kier molecular flexibility index (Phi) is 5.30. The summed E-state index contributed by atoms with van der Waals surface area (Å²) in [6, 6.07) is 3.77. The first-order valence-corrected chi connectivity index (χ1v) is 7.83. The third-order valence-electron chi connectivity index (χ3n) is 4.27. The molecule has 3 unspecified atom stereocenters. The van der Waals surface area contributed by atoms with E-state index in [4.69, 9.17) is 0 Å². The Morgan fingerprint density at radius 2 is 1.90 bits per heavy atom. The van der Waals surface area contributed by atoms with Crippen LogP contribution in [-0.4, -0.2) is 13.2 Å².